The van der Waals surface area contributed by atoms with Crippen molar-refractivity contribution < 1.29 is 9.31 Å². The lowest BCUT2D eigenvalue weighted by Gasteiger charge is -2.06. The minimum absolute atomic E-state index is 0.00648. The van der Waals surface area contributed by atoms with Gasteiger partial charge in [-0.3, -0.25) is 10.1 Å². The van der Waals surface area contributed by atoms with Crippen molar-refractivity contribution >= 4 is 11.4 Å². The maximum atomic E-state index is 13.3. The fourth-order valence-corrected chi connectivity index (χ4v) is 1.58. The van der Waals surface area contributed by atoms with Gasteiger partial charge in [0.1, 0.15) is 5.82 Å². The Hall–Kier alpha value is -2.43. The van der Waals surface area contributed by atoms with E-state index in [1.807, 2.05) is 0 Å². The van der Waals surface area contributed by atoms with Gasteiger partial charge in [0.25, 0.3) is 5.69 Å². The van der Waals surface area contributed by atoms with E-state index in [4.69, 9.17) is 5.73 Å². The number of rotatable bonds is 2. The molecule has 0 bridgehead atoms. The summed E-state index contributed by atoms with van der Waals surface area (Å²) in [6.45, 7) is 0. The summed E-state index contributed by atoms with van der Waals surface area (Å²) < 4.78 is 13.3. The van der Waals surface area contributed by atoms with E-state index >= 15 is 0 Å². The van der Waals surface area contributed by atoms with Crippen molar-refractivity contribution in [3.8, 4) is 11.1 Å². The molecule has 86 valence electrons. The number of nitro benzene ring substituents is 1. The van der Waals surface area contributed by atoms with Crippen molar-refractivity contribution in [1.29, 1.82) is 0 Å². The molecule has 0 spiro atoms. The van der Waals surface area contributed by atoms with E-state index in [9.17, 15) is 14.5 Å². The van der Waals surface area contributed by atoms with E-state index < -0.39 is 10.7 Å². The first-order valence-corrected chi connectivity index (χ1v) is 4.88. The van der Waals surface area contributed by atoms with Gasteiger partial charge in [0.05, 0.1) is 10.6 Å². The average Bonchev–Trinajstić information content (AvgIpc) is 2.33. The van der Waals surface area contributed by atoms with E-state index in [1.165, 1.54) is 30.3 Å². The van der Waals surface area contributed by atoms with Crippen LogP contribution in [0.4, 0.5) is 15.8 Å². The second kappa shape index (κ2) is 4.21. The maximum absolute atomic E-state index is 13.3. The molecule has 2 aromatic carbocycles. The minimum Gasteiger partial charge on any atom is -0.396 e. The summed E-state index contributed by atoms with van der Waals surface area (Å²) in [4.78, 5) is 10.1. The number of nitrogens with zero attached hydrogens (tertiary/aromatic N) is 1. The van der Waals surface area contributed by atoms with Gasteiger partial charge in [-0.2, -0.15) is 0 Å². The molecule has 2 N–H and O–H groups in total. The average molecular weight is 232 g/mol. The predicted molar refractivity (Wildman–Crippen MR) is 62.9 cm³/mol. The number of non-ortho nitro benzene ring substituents is 1. The first-order chi connectivity index (χ1) is 8.09. The molecule has 2 rings (SSSR count). The van der Waals surface area contributed by atoms with Crippen molar-refractivity contribution in [2.24, 2.45) is 0 Å². The van der Waals surface area contributed by atoms with Crippen LogP contribution in [-0.4, -0.2) is 4.92 Å². The van der Waals surface area contributed by atoms with Gasteiger partial charge in [0, 0.05) is 17.7 Å². The molecule has 0 radical (unpaired) electrons. The van der Waals surface area contributed by atoms with Crippen molar-refractivity contribution in [2.75, 3.05) is 5.73 Å². The summed E-state index contributed by atoms with van der Waals surface area (Å²) in [5.41, 5.74) is 6.52. The zero-order valence-corrected chi connectivity index (χ0v) is 8.76. The summed E-state index contributed by atoms with van der Waals surface area (Å²) in [6.07, 6.45) is 0. The number of hydrogen-bond acceptors (Lipinski definition) is 3. The zero-order valence-electron chi connectivity index (χ0n) is 8.76. The standard InChI is InChI=1S/C12H9FN2O2/c13-11-6-2-5-10(12(11)14)8-3-1-4-9(7-8)15(16)17/h1-7H,14H2. The molecule has 0 unspecified atom stereocenters. The van der Waals surface area contributed by atoms with Crippen LogP contribution in [0.15, 0.2) is 42.5 Å². The molecule has 2 aromatic rings. The molecular formula is C12H9FN2O2. The number of benzene rings is 2. The zero-order chi connectivity index (χ0) is 12.4. The molecule has 5 heteroatoms. The van der Waals surface area contributed by atoms with E-state index in [-0.39, 0.29) is 11.4 Å². The van der Waals surface area contributed by atoms with Crippen molar-refractivity contribution in [1.82, 2.24) is 0 Å². The van der Waals surface area contributed by atoms with Crippen LogP contribution in [0, 0.1) is 15.9 Å². The van der Waals surface area contributed by atoms with Crippen LogP contribution in [-0.2, 0) is 0 Å². The lowest BCUT2D eigenvalue weighted by atomic mass is 10.0. The molecule has 17 heavy (non-hydrogen) atoms. The Labute approximate surface area is 96.6 Å². The Morgan fingerprint density at radius 1 is 1.18 bits per heavy atom. The predicted octanol–water partition coefficient (Wildman–Crippen LogP) is 2.98. The lowest BCUT2D eigenvalue weighted by molar-refractivity contribution is -0.384. The molecular weight excluding hydrogens is 223 g/mol. The fraction of sp³-hybridized carbons (Fsp3) is 0. The molecule has 4 nitrogen and oxygen atoms in total. The van der Waals surface area contributed by atoms with Crippen LogP contribution in [0.25, 0.3) is 11.1 Å². The summed E-state index contributed by atoms with van der Waals surface area (Å²) in [6, 6.07) is 10.3. The van der Waals surface area contributed by atoms with Gasteiger partial charge in [-0.05, 0) is 11.6 Å². The molecule has 0 fully saturated rings. The van der Waals surface area contributed by atoms with Crippen LogP contribution < -0.4 is 5.73 Å². The van der Waals surface area contributed by atoms with Crippen molar-refractivity contribution in [2.45, 2.75) is 0 Å². The highest BCUT2D eigenvalue weighted by molar-refractivity contribution is 5.77. The Morgan fingerprint density at radius 2 is 1.88 bits per heavy atom. The van der Waals surface area contributed by atoms with E-state index in [2.05, 4.69) is 0 Å². The first kappa shape index (κ1) is 11.1. The van der Waals surface area contributed by atoms with Crippen LogP contribution in [0.2, 0.25) is 0 Å². The van der Waals surface area contributed by atoms with Gasteiger partial charge < -0.3 is 5.73 Å². The SMILES string of the molecule is Nc1c(F)cccc1-c1cccc([N+](=O)[O-])c1. The number of anilines is 1. The van der Waals surface area contributed by atoms with Crippen LogP contribution in [0.3, 0.4) is 0 Å². The number of hydrogen-bond donors (Lipinski definition) is 1. The van der Waals surface area contributed by atoms with E-state index in [0.29, 0.717) is 11.1 Å². The smallest absolute Gasteiger partial charge is 0.270 e. The molecule has 0 saturated heterocycles. The highest BCUT2D eigenvalue weighted by Crippen LogP contribution is 2.29. The molecule has 0 aliphatic rings. The Morgan fingerprint density at radius 3 is 2.59 bits per heavy atom. The van der Waals surface area contributed by atoms with Crippen molar-refractivity contribution in [3.05, 3.63) is 58.4 Å². The second-order valence-electron chi connectivity index (χ2n) is 3.51. The highest BCUT2D eigenvalue weighted by atomic mass is 19.1. The number of nitrogens with two attached hydrogens (primary N) is 1. The van der Waals surface area contributed by atoms with E-state index in [0.717, 1.165) is 0 Å². The van der Waals surface area contributed by atoms with Gasteiger partial charge in [0.15, 0.2) is 0 Å². The monoisotopic (exact) mass is 232 g/mol. The molecule has 0 aliphatic carbocycles. The Bertz CT molecular complexity index is 584. The van der Waals surface area contributed by atoms with Crippen molar-refractivity contribution in [3.63, 3.8) is 0 Å². The van der Waals surface area contributed by atoms with E-state index in [1.54, 1.807) is 12.1 Å². The van der Waals surface area contributed by atoms with Crippen LogP contribution in [0.5, 0.6) is 0 Å². The number of nitrogen functional groups attached to an aromatic ring is 1. The summed E-state index contributed by atoms with van der Waals surface area (Å²) in [7, 11) is 0. The molecule has 0 aromatic heterocycles. The molecule has 0 aliphatic heterocycles. The molecule has 0 heterocycles. The van der Waals surface area contributed by atoms with Gasteiger partial charge in [-0.25, -0.2) is 4.39 Å². The van der Waals surface area contributed by atoms with Gasteiger partial charge in [-0.1, -0.05) is 24.3 Å². The summed E-state index contributed by atoms with van der Waals surface area (Å²) in [5, 5.41) is 10.6. The second-order valence-corrected chi connectivity index (χ2v) is 3.51. The third-order valence-electron chi connectivity index (χ3n) is 2.42. The van der Waals surface area contributed by atoms with Gasteiger partial charge in [-0.15, -0.1) is 0 Å². The third-order valence-corrected chi connectivity index (χ3v) is 2.42. The molecule has 0 saturated carbocycles. The summed E-state index contributed by atoms with van der Waals surface area (Å²) in [5.74, 6) is -0.533. The lowest BCUT2D eigenvalue weighted by Crippen LogP contribution is -1.95. The van der Waals surface area contributed by atoms with Gasteiger partial charge >= 0.3 is 0 Å². The maximum Gasteiger partial charge on any atom is 0.270 e. The topological polar surface area (TPSA) is 69.2 Å². The number of para-hydroxylation sites is 1. The van der Waals surface area contributed by atoms with Gasteiger partial charge in [0.2, 0.25) is 0 Å². The quantitative estimate of drug-likeness (QED) is 0.491. The Kier molecular flexibility index (Phi) is 2.74. The largest absolute Gasteiger partial charge is 0.396 e. The molecule has 0 atom stereocenters. The summed E-state index contributed by atoms with van der Waals surface area (Å²) >= 11 is 0. The van der Waals surface area contributed by atoms with Crippen LogP contribution in [0.1, 0.15) is 0 Å². The first-order valence-electron chi connectivity index (χ1n) is 4.88. The van der Waals surface area contributed by atoms with Crippen LogP contribution >= 0.6 is 0 Å². The minimum atomic E-state index is -0.533. The normalized spacial score (nSPS) is 10.2. The number of halogens is 1. The highest BCUT2D eigenvalue weighted by Gasteiger charge is 2.10. The fourth-order valence-electron chi connectivity index (χ4n) is 1.58. The Balaban J connectivity index is 2.57. The number of nitro groups is 1. The third kappa shape index (κ3) is 2.08. The molecule has 0 amide bonds.